The quantitative estimate of drug-likeness (QED) is 0.488. The van der Waals surface area contributed by atoms with Gasteiger partial charge >= 0.3 is 0 Å². The summed E-state index contributed by atoms with van der Waals surface area (Å²) in [6.07, 6.45) is 0. The summed E-state index contributed by atoms with van der Waals surface area (Å²) >= 11 is 0. The summed E-state index contributed by atoms with van der Waals surface area (Å²) in [7, 11) is 2.05. The van der Waals surface area contributed by atoms with Crippen LogP contribution in [0, 0.1) is 0 Å². The van der Waals surface area contributed by atoms with Crippen LogP contribution in [0.1, 0.15) is 15.9 Å². The first-order chi connectivity index (χ1) is 7.27. The van der Waals surface area contributed by atoms with Crippen LogP contribution in [0.2, 0.25) is 0 Å². The van der Waals surface area contributed by atoms with E-state index in [1.165, 1.54) is 5.46 Å². The second-order valence-corrected chi connectivity index (χ2v) is 3.92. The largest absolute Gasteiger partial charge is 0.289 e. The van der Waals surface area contributed by atoms with Gasteiger partial charge in [-0.2, -0.15) is 0 Å². The summed E-state index contributed by atoms with van der Waals surface area (Å²) in [6.45, 7) is 0. The molecule has 2 aromatic carbocycles. The van der Waals surface area contributed by atoms with E-state index in [4.69, 9.17) is 0 Å². The Hall–Kier alpha value is -1.83. The molecule has 15 heavy (non-hydrogen) atoms. The highest BCUT2D eigenvalue weighted by Gasteiger charge is 2.25. The minimum Gasteiger partial charge on any atom is -0.289 e. The van der Waals surface area contributed by atoms with Gasteiger partial charge < -0.3 is 0 Å². The lowest BCUT2D eigenvalue weighted by Crippen LogP contribution is -2.03. The number of benzene rings is 2. The van der Waals surface area contributed by atoms with Gasteiger partial charge in [0.1, 0.15) is 7.85 Å². The van der Waals surface area contributed by atoms with E-state index in [9.17, 15) is 4.79 Å². The third kappa shape index (κ3) is 1.08. The summed E-state index contributed by atoms with van der Waals surface area (Å²) in [5.74, 6) is 0.153. The average Bonchev–Trinajstić information content (AvgIpc) is 2.54. The molecule has 1 aliphatic carbocycles. The Bertz CT molecular complexity index is 572. The Kier molecular flexibility index (Phi) is 1.60. The summed E-state index contributed by atoms with van der Waals surface area (Å²) in [5.41, 5.74) is 5.01. The second-order valence-electron chi connectivity index (χ2n) is 3.92. The average molecular weight is 192 g/mol. The fraction of sp³-hybridized carbons (Fsp3) is 0. The van der Waals surface area contributed by atoms with Crippen molar-refractivity contribution >= 4 is 19.1 Å². The first-order valence-electron chi connectivity index (χ1n) is 5.02. The van der Waals surface area contributed by atoms with Crippen molar-refractivity contribution in [3.8, 4) is 11.1 Å². The van der Waals surface area contributed by atoms with Gasteiger partial charge in [-0.15, -0.1) is 0 Å². The highest BCUT2D eigenvalue weighted by Crippen LogP contribution is 2.35. The first-order valence-corrected chi connectivity index (χ1v) is 5.02. The summed E-state index contributed by atoms with van der Waals surface area (Å²) in [6, 6.07) is 13.8. The van der Waals surface area contributed by atoms with Gasteiger partial charge in [0.15, 0.2) is 5.78 Å². The van der Waals surface area contributed by atoms with Gasteiger partial charge in [-0.05, 0) is 11.1 Å². The van der Waals surface area contributed by atoms with Crippen LogP contribution >= 0.6 is 0 Å². The van der Waals surface area contributed by atoms with Crippen molar-refractivity contribution in [1.29, 1.82) is 0 Å². The fourth-order valence-electron chi connectivity index (χ4n) is 2.14. The topological polar surface area (TPSA) is 17.1 Å². The van der Waals surface area contributed by atoms with Crippen molar-refractivity contribution in [3.05, 3.63) is 53.6 Å². The zero-order valence-corrected chi connectivity index (χ0v) is 8.45. The summed E-state index contributed by atoms with van der Waals surface area (Å²) < 4.78 is 0. The molecule has 0 radical (unpaired) electrons. The van der Waals surface area contributed by atoms with E-state index in [-0.39, 0.29) is 5.78 Å². The maximum absolute atomic E-state index is 12.0. The van der Waals surface area contributed by atoms with Gasteiger partial charge in [0.25, 0.3) is 0 Å². The van der Waals surface area contributed by atoms with E-state index in [2.05, 4.69) is 6.07 Å². The molecule has 0 N–H and O–H groups in total. The van der Waals surface area contributed by atoms with Gasteiger partial charge in [0.2, 0.25) is 0 Å². The van der Waals surface area contributed by atoms with Crippen LogP contribution in [0.15, 0.2) is 42.5 Å². The van der Waals surface area contributed by atoms with Crippen LogP contribution in [0.3, 0.4) is 0 Å². The van der Waals surface area contributed by atoms with Crippen LogP contribution in [-0.4, -0.2) is 13.6 Å². The predicted octanol–water partition coefficient (Wildman–Crippen LogP) is 1.16. The Morgan fingerprint density at radius 2 is 1.47 bits per heavy atom. The molecule has 1 nitrogen and oxygen atoms in total. The Morgan fingerprint density at radius 3 is 2.27 bits per heavy atom. The smallest absolute Gasteiger partial charge is 0.194 e. The third-order valence-corrected chi connectivity index (χ3v) is 2.88. The molecule has 0 atom stereocenters. The number of rotatable bonds is 0. The molecule has 0 saturated carbocycles. The monoisotopic (exact) mass is 192 g/mol. The van der Waals surface area contributed by atoms with Crippen LogP contribution in [0.25, 0.3) is 11.1 Å². The molecule has 0 aromatic heterocycles. The Labute approximate surface area is 89.2 Å². The molecule has 2 heteroatoms. The Balaban J connectivity index is 2.39. The molecule has 0 aliphatic heterocycles. The van der Waals surface area contributed by atoms with Crippen molar-refractivity contribution in [2.24, 2.45) is 0 Å². The number of ketones is 1. The zero-order chi connectivity index (χ0) is 10.4. The van der Waals surface area contributed by atoms with Crippen molar-refractivity contribution in [1.82, 2.24) is 0 Å². The highest BCUT2D eigenvalue weighted by molar-refractivity contribution is 6.33. The number of carbonyl (C=O) groups is 1. The molecule has 70 valence electrons. The molecule has 0 amide bonds. The van der Waals surface area contributed by atoms with Gasteiger partial charge in [-0.3, -0.25) is 4.79 Å². The normalized spacial score (nSPS) is 12.4. The van der Waals surface area contributed by atoms with Gasteiger partial charge in [0, 0.05) is 11.1 Å². The standard InChI is InChI=1S/C13H9BO/c14-8-5-6-11-12(7-8)9-3-1-2-4-10(9)13(11)15/h1-7H,14H2. The molecule has 0 bridgehead atoms. The van der Waals surface area contributed by atoms with Crippen LogP contribution in [-0.2, 0) is 0 Å². The SMILES string of the molecule is Bc1ccc2c(c1)-c1ccccc1C2=O. The van der Waals surface area contributed by atoms with E-state index >= 15 is 0 Å². The zero-order valence-electron chi connectivity index (χ0n) is 8.45. The number of fused-ring (bicyclic) bond motifs is 3. The molecule has 0 saturated heterocycles. The van der Waals surface area contributed by atoms with Gasteiger partial charge in [-0.25, -0.2) is 0 Å². The lowest BCUT2D eigenvalue weighted by Gasteiger charge is -2.00. The number of hydrogen-bond acceptors (Lipinski definition) is 1. The van der Waals surface area contributed by atoms with Crippen molar-refractivity contribution < 1.29 is 4.79 Å². The summed E-state index contributed by atoms with van der Waals surface area (Å²) in [4.78, 5) is 12.0. The van der Waals surface area contributed by atoms with E-state index in [1.807, 2.05) is 44.2 Å². The maximum atomic E-state index is 12.0. The van der Waals surface area contributed by atoms with Crippen LogP contribution in [0.5, 0.6) is 0 Å². The lowest BCUT2D eigenvalue weighted by atomic mass is 9.92. The highest BCUT2D eigenvalue weighted by atomic mass is 16.1. The molecule has 1 aliphatic rings. The predicted molar refractivity (Wildman–Crippen MR) is 63.5 cm³/mol. The molecule has 0 heterocycles. The van der Waals surface area contributed by atoms with E-state index in [0.717, 1.165) is 22.3 Å². The third-order valence-electron chi connectivity index (χ3n) is 2.88. The number of hydrogen-bond donors (Lipinski definition) is 0. The minimum atomic E-state index is 0.153. The summed E-state index contributed by atoms with van der Waals surface area (Å²) in [5, 5.41) is 0. The van der Waals surface area contributed by atoms with Crippen LogP contribution < -0.4 is 5.46 Å². The molecule has 0 fully saturated rings. The minimum absolute atomic E-state index is 0.153. The number of carbonyl (C=O) groups excluding carboxylic acids is 1. The Morgan fingerprint density at radius 1 is 0.800 bits per heavy atom. The van der Waals surface area contributed by atoms with Gasteiger partial charge in [0.05, 0.1) is 0 Å². The molecule has 2 aromatic rings. The van der Waals surface area contributed by atoms with E-state index in [0.29, 0.717) is 0 Å². The maximum Gasteiger partial charge on any atom is 0.194 e. The first kappa shape index (κ1) is 8.48. The second kappa shape index (κ2) is 2.83. The molecular weight excluding hydrogens is 183 g/mol. The molecule has 0 unspecified atom stereocenters. The van der Waals surface area contributed by atoms with Gasteiger partial charge in [-0.1, -0.05) is 47.9 Å². The van der Waals surface area contributed by atoms with E-state index < -0.39 is 0 Å². The molecular formula is C13H9BO. The molecule has 3 rings (SSSR count). The van der Waals surface area contributed by atoms with Crippen molar-refractivity contribution in [2.45, 2.75) is 0 Å². The molecule has 0 spiro atoms. The van der Waals surface area contributed by atoms with Crippen molar-refractivity contribution in [3.63, 3.8) is 0 Å². The van der Waals surface area contributed by atoms with E-state index in [1.54, 1.807) is 0 Å². The van der Waals surface area contributed by atoms with Crippen LogP contribution in [0.4, 0.5) is 0 Å². The lowest BCUT2D eigenvalue weighted by molar-refractivity contribution is 0.104. The fourth-order valence-corrected chi connectivity index (χ4v) is 2.14. The van der Waals surface area contributed by atoms with Crippen molar-refractivity contribution in [2.75, 3.05) is 0 Å².